The number of carbonyl (C=O) groups is 1. The molecule has 0 atom stereocenters. The van der Waals surface area contributed by atoms with Crippen molar-refractivity contribution < 1.29 is 4.79 Å². The van der Waals surface area contributed by atoms with Crippen LogP contribution in [-0.4, -0.2) is 47.0 Å². The van der Waals surface area contributed by atoms with Crippen LogP contribution in [0.15, 0.2) is 60.3 Å². The van der Waals surface area contributed by atoms with Crippen molar-refractivity contribution in [3.8, 4) is 11.1 Å². The molecule has 1 saturated heterocycles. The number of rotatable bonds is 4. The summed E-state index contributed by atoms with van der Waals surface area (Å²) < 4.78 is 0. The highest BCUT2D eigenvalue weighted by Crippen LogP contribution is 2.37. The van der Waals surface area contributed by atoms with Crippen LogP contribution in [0.3, 0.4) is 0 Å². The fourth-order valence-electron chi connectivity index (χ4n) is 3.58. The molecule has 2 N–H and O–H groups in total. The topological polar surface area (TPSA) is 75.4 Å². The van der Waals surface area contributed by atoms with Crippen LogP contribution in [0.25, 0.3) is 22.0 Å². The molecule has 2 heterocycles. The summed E-state index contributed by atoms with van der Waals surface area (Å²) in [6.07, 6.45) is 2.93. The van der Waals surface area contributed by atoms with Gasteiger partial charge in [-0.25, -0.2) is 9.97 Å². The van der Waals surface area contributed by atoms with Gasteiger partial charge in [-0.05, 0) is 41.8 Å². The van der Waals surface area contributed by atoms with Gasteiger partial charge in [0, 0.05) is 47.0 Å². The average molecular weight is 426 g/mol. The zero-order valence-corrected chi connectivity index (χ0v) is 17.3. The van der Waals surface area contributed by atoms with Gasteiger partial charge in [0.25, 0.3) is 0 Å². The Balaban J connectivity index is 1.71. The molecule has 0 radical (unpaired) electrons. The Morgan fingerprint density at radius 2 is 1.90 bits per heavy atom. The highest BCUT2D eigenvalue weighted by atomic mass is 35.5. The number of benzene rings is 2. The summed E-state index contributed by atoms with van der Waals surface area (Å²) in [6.45, 7) is 6.20. The summed E-state index contributed by atoms with van der Waals surface area (Å²) >= 11 is 7.87. The van der Waals surface area contributed by atoms with Crippen molar-refractivity contribution >= 4 is 46.2 Å². The van der Waals surface area contributed by atoms with Crippen molar-refractivity contribution in [3.63, 3.8) is 0 Å². The van der Waals surface area contributed by atoms with E-state index in [1.807, 2.05) is 36.4 Å². The molecule has 0 unspecified atom stereocenters. The second-order valence-corrected chi connectivity index (χ2v) is 7.76. The van der Waals surface area contributed by atoms with Crippen LogP contribution < -0.4 is 10.0 Å². The number of halogens is 1. The first-order valence-corrected chi connectivity index (χ1v) is 10.4. The molecule has 0 aliphatic carbocycles. The van der Waals surface area contributed by atoms with Gasteiger partial charge in [-0.1, -0.05) is 36.4 Å². The number of anilines is 1. The van der Waals surface area contributed by atoms with E-state index in [4.69, 9.17) is 16.7 Å². The van der Waals surface area contributed by atoms with E-state index < -0.39 is 0 Å². The lowest BCUT2D eigenvalue weighted by molar-refractivity contribution is -0.126. The van der Waals surface area contributed by atoms with E-state index in [0.29, 0.717) is 31.2 Å². The van der Waals surface area contributed by atoms with Crippen LogP contribution in [0.5, 0.6) is 0 Å². The molecule has 0 spiro atoms. The Labute approximate surface area is 178 Å². The SMILES string of the molecule is C=CC(=O)N1CCN(c2ncnc3cc(-c4ccccc4SN)c(Cl)cc23)CC1. The van der Waals surface area contributed by atoms with Crippen LogP contribution in [0.2, 0.25) is 5.02 Å². The number of hydrogen-bond donors (Lipinski definition) is 1. The van der Waals surface area contributed by atoms with Crippen LogP contribution in [0.1, 0.15) is 0 Å². The lowest BCUT2D eigenvalue weighted by Crippen LogP contribution is -2.48. The Morgan fingerprint density at radius 1 is 1.14 bits per heavy atom. The molecule has 148 valence electrons. The predicted molar refractivity (Wildman–Crippen MR) is 119 cm³/mol. The number of amides is 1. The Kier molecular flexibility index (Phi) is 5.71. The number of nitrogens with zero attached hydrogens (tertiary/aromatic N) is 4. The molecule has 1 aliphatic heterocycles. The van der Waals surface area contributed by atoms with Gasteiger partial charge in [-0.2, -0.15) is 0 Å². The zero-order valence-electron chi connectivity index (χ0n) is 15.7. The minimum absolute atomic E-state index is 0.0404. The molecular formula is C21H20ClN5OS. The summed E-state index contributed by atoms with van der Waals surface area (Å²) in [6, 6.07) is 11.8. The molecule has 0 bridgehead atoms. The lowest BCUT2D eigenvalue weighted by Gasteiger charge is -2.35. The van der Waals surface area contributed by atoms with Crippen molar-refractivity contribution in [3.05, 3.63) is 60.4 Å². The maximum absolute atomic E-state index is 11.8. The fraction of sp³-hybridized carbons (Fsp3) is 0.190. The van der Waals surface area contributed by atoms with Gasteiger partial charge in [0.2, 0.25) is 5.91 Å². The largest absolute Gasteiger partial charge is 0.352 e. The van der Waals surface area contributed by atoms with E-state index in [-0.39, 0.29) is 5.91 Å². The molecule has 1 fully saturated rings. The number of carbonyl (C=O) groups excluding carboxylic acids is 1. The summed E-state index contributed by atoms with van der Waals surface area (Å²) in [7, 11) is 0. The molecule has 1 amide bonds. The maximum atomic E-state index is 11.8. The second-order valence-electron chi connectivity index (χ2n) is 6.68. The minimum atomic E-state index is -0.0404. The van der Waals surface area contributed by atoms with Crippen LogP contribution in [0, 0.1) is 0 Å². The molecule has 0 saturated carbocycles. The van der Waals surface area contributed by atoms with E-state index >= 15 is 0 Å². The van der Waals surface area contributed by atoms with Gasteiger partial charge in [-0.15, -0.1) is 0 Å². The molecule has 6 nitrogen and oxygen atoms in total. The van der Waals surface area contributed by atoms with Crippen LogP contribution >= 0.6 is 23.5 Å². The highest BCUT2D eigenvalue weighted by Gasteiger charge is 2.22. The van der Waals surface area contributed by atoms with Crippen molar-refractivity contribution in [2.45, 2.75) is 4.90 Å². The summed E-state index contributed by atoms with van der Waals surface area (Å²) in [5.41, 5.74) is 2.68. The van der Waals surface area contributed by atoms with E-state index in [2.05, 4.69) is 21.4 Å². The van der Waals surface area contributed by atoms with Gasteiger partial charge in [0.1, 0.15) is 12.1 Å². The third kappa shape index (κ3) is 3.81. The molecular weight excluding hydrogens is 406 g/mol. The summed E-state index contributed by atoms with van der Waals surface area (Å²) in [5.74, 6) is 0.789. The standard InChI is InChI=1S/C21H20ClN5OS/c1-2-20(28)26-7-9-27(10-8-26)21-16-11-17(22)15(12-18(16)24-13-25-21)14-5-3-4-6-19(14)29-23/h2-6,11-13H,1,7-10,23H2. The lowest BCUT2D eigenvalue weighted by atomic mass is 10.0. The molecule has 29 heavy (non-hydrogen) atoms. The van der Waals surface area contributed by atoms with E-state index in [1.165, 1.54) is 18.0 Å². The number of hydrogen-bond acceptors (Lipinski definition) is 6. The third-order valence-corrected chi connectivity index (χ3v) is 6.00. The monoisotopic (exact) mass is 425 g/mol. The average Bonchev–Trinajstić information content (AvgIpc) is 2.78. The minimum Gasteiger partial charge on any atom is -0.352 e. The first-order valence-electron chi connectivity index (χ1n) is 9.19. The number of piperazine rings is 1. The Hall–Kier alpha value is -2.61. The molecule has 3 aromatic rings. The summed E-state index contributed by atoms with van der Waals surface area (Å²) in [5, 5.41) is 7.33. The molecule has 1 aromatic heterocycles. The van der Waals surface area contributed by atoms with Gasteiger partial charge < -0.3 is 9.80 Å². The van der Waals surface area contributed by atoms with Crippen LogP contribution in [0.4, 0.5) is 5.82 Å². The Morgan fingerprint density at radius 3 is 2.62 bits per heavy atom. The van der Waals surface area contributed by atoms with Crippen LogP contribution in [-0.2, 0) is 4.79 Å². The third-order valence-electron chi connectivity index (χ3n) is 5.07. The number of fused-ring (bicyclic) bond motifs is 1. The van der Waals surface area contributed by atoms with E-state index in [9.17, 15) is 4.79 Å². The molecule has 8 heteroatoms. The predicted octanol–water partition coefficient (Wildman–Crippen LogP) is 3.75. The van der Waals surface area contributed by atoms with E-state index in [1.54, 1.807) is 11.2 Å². The maximum Gasteiger partial charge on any atom is 0.246 e. The van der Waals surface area contributed by atoms with E-state index in [0.717, 1.165) is 32.7 Å². The molecule has 1 aliphatic rings. The second kappa shape index (κ2) is 8.41. The van der Waals surface area contributed by atoms with Gasteiger partial charge in [0.05, 0.1) is 5.52 Å². The highest BCUT2D eigenvalue weighted by molar-refractivity contribution is 7.97. The fourth-order valence-corrected chi connectivity index (χ4v) is 4.31. The van der Waals surface area contributed by atoms with Crippen molar-refractivity contribution in [2.24, 2.45) is 5.14 Å². The quantitative estimate of drug-likeness (QED) is 0.506. The smallest absolute Gasteiger partial charge is 0.246 e. The van der Waals surface area contributed by atoms with Gasteiger partial charge >= 0.3 is 0 Å². The van der Waals surface area contributed by atoms with Gasteiger partial charge in [0.15, 0.2) is 0 Å². The zero-order chi connectivity index (χ0) is 20.4. The van der Waals surface area contributed by atoms with Crippen molar-refractivity contribution in [1.82, 2.24) is 14.9 Å². The first kappa shape index (κ1) is 19.7. The van der Waals surface area contributed by atoms with Crippen molar-refractivity contribution in [2.75, 3.05) is 31.1 Å². The van der Waals surface area contributed by atoms with Gasteiger partial charge in [-0.3, -0.25) is 9.93 Å². The Bertz CT molecular complexity index is 1080. The number of aromatic nitrogens is 2. The normalized spacial score (nSPS) is 14.3. The summed E-state index contributed by atoms with van der Waals surface area (Å²) in [4.78, 5) is 25.7. The molecule has 2 aromatic carbocycles. The number of nitrogens with two attached hydrogens (primary N) is 1. The molecule has 4 rings (SSSR count). The first-order chi connectivity index (χ1) is 14.1. The van der Waals surface area contributed by atoms with Crippen molar-refractivity contribution in [1.29, 1.82) is 0 Å².